The molecule has 2 rings (SSSR count). The number of urea groups is 1. The van der Waals surface area contributed by atoms with Crippen molar-refractivity contribution in [1.82, 2.24) is 10.2 Å². The van der Waals surface area contributed by atoms with Crippen molar-refractivity contribution in [3.8, 4) is 0 Å². The molecule has 0 radical (unpaired) electrons. The quantitative estimate of drug-likeness (QED) is 0.882. The van der Waals surface area contributed by atoms with E-state index in [2.05, 4.69) is 10.6 Å². The van der Waals surface area contributed by atoms with Crippen LogP contribution in [0.5, 0.6) is 0 Å². The largest absolute Gasteiger partial charge is 0.393 e. The first-order chi connectivity index (χ1) is 9.94. The number of carbonyl (C=O) groups excluding carboxylic acids is 1. The van der Waals surface area contributed by atoms with Gasteiger partial charge >= 0.3 is 12.2 Å². The van der Waals surface area contributed by atoms with E-state index in [1.807, 2.05) is 0 Å². The second-order valence-electron chi connectivity index (χ2n) is 5.01. The molecule has 116 valence electrons. The maximum atomic E-state index is 12.3. The van der Waals surface area contributed by atoms with Crippen molar-refractivity contribution < 1.29 is 18.0 Å². The van der Waals surface area contributed by atoms with E-state index in [0.29, 0.717) is 18.8 Å². The van der Waals surface area contributed by atoms with Gasteiger partial charge in [0.05, 0.1) is 6.42 Å². The number of hydrogen-bond donors (Lipinski definition) is 2. The number of halogens is 3. The van der Waals surface area contributed by atoms with Gasteiger partial charge in [-0.15, -0.1) is 0 Å². The van der Waals surface area contributed by atoms with Gasteiger partial charge in [-0.3, -0.25) is 0 Å². The lowest BCUT2D eigenvalue weighted by atomic mass is 10.1. The molecule has 1 aromatic carbocycles. The molecular weight excluding hydrogens is 283 g/mol. The van der Waals surface area contributed by atoms with Gasteiger partial charge in [0.15, 0.2) is 0 Å². The Balaban J connectivity index is 1.91. The maximum Gasteiger partial charge on any atom is 0.393 e. The van der Waals surface area contributed by atoms with Crippen molar-refractivity contribution in [3.05, 3.63) is 29.8 Å². The Kier molecular flexibility index (Phi) is 5.06. The van der Waals surface area contributed by atoms with E-state index in [-0.39, 0.29) is 11.6 Å². The van der Waals surface area contributed by atoms with Gasteiger partial charge in [0.25, 0.3) is 0 Å². The van der Waals surface area contributed by atoms with E-state index in [1.165, 1.54) is 24.3 Å². The predicted octanol–water partition coefficient (Wildman–Crippen LogP) is 2.62. The highest BCUT2D eigenvalue weighted by molar-refractivity contribution is 5.89. The van der Waals surface area contributed by atoms with Crippen molar-refractivity contribution in [3.63, 3.8) is 0 Å². The highest BCUT2D eigenvalue weighted by Crippen LogP contribution is 2.22. The first-order valence-corrected chi connectivity index (χ1v) is 6.86. The Morgan fingerprint density at radius 1 is 1.19 bits per heavy atom. The summed E-state index contributed by atoms with van der Waals surface area (Å²) in [7, 11) is 0. The minimum atomic E-state index is -4.22. The summed E-state index contributed by atoms with van der Waals surface area (Å²) in [5, 5.41) is 5.90. The molecule has 0 bridgehead atoms. The van der Waals surface area contributed by atoms with Crippen LogP contribution in [-0.4, -0.2) is 43.3 Å². The van der Waals surface area contributed by atoms with Gasteiger partial charge in [0.2, 0.25) is 0 Å². The highest BCUT2D eigenvalue weighted by Gasteiger charge is 2.27. The maximum absolute atomic E-state index is 12.3. The topological polar surface area (TPSA) is 44.4 Å². The van der Waals surface area contributed by atoms with Crippen LogP contribution in [0, 0.1) is 0 Å². The van der Waals surface area contributed by atoms with Crippen LogP contribution < -0.4 is 10.6 Å². The molecule has 0 aromatic heterocycles. The summed E-state index contributed by atoms with van der Waals surface area (Å²) in [5.74, 6) is 0. The fourth-order valence-corrected chi connectivity index (χ4v) is 2.19. The van der Waals surface area contributed by atoms with Gasteiger partial charge in [-0.1, -0.05) is 12.1 Å². The molecule has 7 heteroatoms. The van der Waals surface area contributed by atoms with E-state index >= 15 is 0 Å². The molecule has 4 nitrogen and oxygen atoms in total. The predicted molar refractivity (Wildman–Crippen MR) is 74.3 cm³/mol. The van der Waals surface area contributed by atoms with Crippen LogP contribution in [0.3, 0.4) is 0 Å². The number of hydrogen-bond acceptors (Lipinski definition) is 2. The fraction of sp³-hybridized carbons (Fsp3) is 0.500. The van der Waals surface area contributed by atoms with Crippen molar-refractivity contribution in [1.29, 1.82) is 0 Å². The average molecular weight is 301 g/mol. The van der Waals surface area contributed by atoms with E-state index in [0.717, 1.165) is 19.5 Å². The van der Waals surface area contributed by atoms with Crippen molar-refractivity contribution in [2.75, 3.05) is 31.5 Å². The average Bonchev–Trinajstić information content (AvgIpc) is 2.68. The summed E-state index contributed by atoms with van der Waals surface area (Å²) < 4.78 is 36.8. The lowest BCUT2D eigenvalue weighted by Gasteiger charge is -2.20. The molecule has 2 amide bonds. The number of benzene rings is 1. The van der Waals surface area contributed by atoms with Gasteiger partial charge in [-0.05, 0) is 30.7 Å². The van der Waals surface area contributed by atoms with Crippen LogP contribution in [-0.2, 0) is 6.42 Å². The van der Waals surface area contributed by atoms with Crippen LogP contribution >= 0.6 is 0 Å². The molecule has 0 spiro atoms. The Morgan fingerprint density at radius 3 is 2.57 bits per heavy atom. The third kappa shape index (κ3) is 5.26. The standard InChI is InChI=1S/C14H18F3N3O/c15-14(16,17)10-11-2-4-12(5-3-11)19-13(21)20-8-1-6-18-7-9-20/h2-5,18H,1,6-10H2,(H,19,21). The Hall–Kier alpha value is -1.76. The Bertz CT molecular complexity index is 465. The zero-order valence-corrected chi connectivity index (χ0v) is 11.5. The van der Waals surface area contributed by atoms with Gasteiger partial charge in [0.1, 0.15) is 0 Å². The van der Waals surface area contributed by atoms with Crippen molar-refractivity contribution >= 4 is 11.7 Å². The molecule has 0 saturated carbocycles. The van der Waals surface area contributed by atoms with Gasteiger partial charge in [-0.2, -0.15) is 13.2 Å². The summed E-state index contributed by atoms with van der Waals surface area (Å²) in [4.78, 5) is 13.7. The van der Waals surface area contributed by atoms with E-state index in [9.17, 15) is 18.0 Å². The van der Waals surface area contributed by atoms with Crippen LogP contribution in [0.4, 0.5) is 23.7 Å². The fourth-order valence-electron chi connectivity index (χ4n) is 2.19. The van der Waals surface area contributed by atoms with Gasteiger partial charge in [0, 0.05) is 25.3 Å². The molecule has 2 N–H and O–H groups in total. The molecule has 1 saturated heterocycles. The number of nitrogens with one attached hydrogen (secondary N) is 2. The van der Waals surface area contributed by atoms with E-state index in [1.54, 1.807) is 4.90 Å². The van der Waals surface area contributed by atoms with Crippen LogP contribution in [0.1, 0.15) is 12.0 Å². The van der Waals surface area contributed by atoms with Crippen molar-refractivity contribution in [2.45, 2.75) is 19.0 Å². The molecule has 0 atom stereocenters. The Morgan fingerprint density at radius 2 is 1.90 bits per heavy atom. The summed E-state index contributed by atoms with van der Waals surface area (Å²) >= 11 is 0. The molecule has 1 fully saturated rings. The highest BCUT2D eigenvalue weighted by atomic mass is 19.4. The number of anilines is 1. The normalized spacial score (nSPS) is 16.4. The lowest BCUT2D eigenvalue weighted by molar-refractivity contribution is -0.127. The molecule has 0 aliphatic carbocycles. The summed E-state index contributed by atoms with van der Waals surface area (Å²) in [5.41, 5.74) is 0.683. The zero-order chi connectivity index (χ0) is 15.3. The summed E-state index contributed by atoms with van der Waals surface area (Å²) in [6.45, 7) is 2.93. The van der Waals surface area contributed by atoms with Crippen LogP contribution in [0.2, 0.25) is 0 Å². The molecule has 1 aliphatic heterocycles. The second-order valence-corrected chi connectivity index (χ2v) is 5.01. The van der Waals surface area contributed by atoms with Gasteiger partial charge < -0.3 is 15.5 Å². The third-order valence-corrected chi connectivity index (χ3v) is 3.24. The molecular formula is C14H18F3N3O. The molecule has 1 aliphatic rings. The SMILES string of the molecule is O=C(Nc1ccc(CC(F)(F)F)cc1)N1CCCNCC1. The molecule has 21 heavy (non-hydrogen) atoms. The minimum absolute atomic E-state index is 0.180. The van der Waals surface area contributed by atoms with E-state index < -0.39 is 12.6 Å². The third-order valence-electron chi connectivity index (χ3n) is 3.24. The lowest BCUT2D eigenvalue weighted by Crippen LogP contribution is -2.37. The van der Waals surface area contributed by atoms with Crippen molar-refractivity contribution in [2.24, 2.45) is 0 Å². The molecule has 0 unspecified atom stereocenters. The van der Waals surface area contributed by atoms with E-state index in [4.69, 9.17) is 0 Å². The Labute approximate surface area is 121 Å². The minimum Gasteiger partial charge on any atom is -0.323 e. The van der Waals surface area contributed by atoms with Gasteiger partial charge in [-0.25, -0.2) is 4.79 Å². The second kappa shape index (κ2) is 6.80. The number of nitrogens with zero attached hydrogens (tertiary/aromatic N) is 1. The van der Waals surface area contributed by atoms with Crippen LogP contribution in [0.15, 0.2) is 24.3 Å². The molecule has 1 heterocycles. The smallest absolute Gasteiger partial charge is 0.323 e. The first kappa shape index (κ1) is 15.6. The monoisotopic (exact) mass is 301 g/mol. The number of carbonyl (C=O) groups is 1. The number of amides is 2. The number of rotatable bonds is 2. The first-order valence-electron chi connectivity index (χ1n) is 6.86. The number of alkyl halides is 3. The zero-order valence-electron chi connectivity index (χ0n) is 11.5. The summed E-state index contributed by atoms with van der Waals surface area (Å²) in [6.07, 6.45) is -4.29. The summed E-state index contributed by atoms with van der Waals surface area (Å²) in [6, 6.07) is 5.53. The van der Waals surface area contributed by atoms with Crippen LogP contribution in [0.25, 0.3) is 0 Å². The molecule has 1 aromatic rings.